The standard InChI is InChI=1S/C13H16ClN5O/c14-11-7-9(15)6-10(13(16)20)12(11)18-2-1-4-19-5-3-17-8-19/h3,5-8,18H,1-2,4,15H2,(H2,16,20). The van der Waals surface area contributed by atoms with Crippen LogP contribution < -0.4 is 16.8 Å². The number of carbonyl (C=O) groups excluding carboxylic acids is 1. The molecule has 1 amide bonds. The lowest BCUT2D eigenvalue weighted by Crippen LogP contribution is -2.16. The smallest absolute Gasteiger partial charge is 0.250 e. The first-order chi connectivity index (χ1) is 9.58. The fourth-order valence-electron chi connectivity index (χ4n) is 1.90. The van der Waals surface area contributed by atoms with Crippen molar-refractivity contribution < 1.29 is 4.79 Å². The number of hydrogen-bond acceptors (Lipinski definition) is 4. The minimum absolute atomic E-state index is 0.303. The number of nitrogens with zero attached hydrogens (tertiary/aromatic N) is 2. The molecule has 0 bridgehead atoms. The third-order valence-corrected chi connectivity index (χ3v) is 3.13. The van der Waals surface area contributed by atoms with Crippen molar-refractivity contribution in [1.82, 2.24) is 9.55 Å². The number of rotatable bonds is 6. The molecule has 1 heterocycles. The molecule has 0 unspecified atom stereocenters. The lowest BCUT2D eigenvalue weighted by molar-refractivity contribution is 0.100. The molecule has 6 nitrogen and oxygen atoms in total. The van der Waals surface area contributed by atoms with E-state index in [-0.39, 0.29) is 0 Å². The normalized spacial score (nSPS) is 10.4. The second kappa shape index (κ2) is 6.29. The van der Waals surface area contributed by atoms with E-state index in [0.29, 0.717) is 28.5 Å². The fraction of sp³-hybridized carbons (Fsp3) is 0.231. The van der Waals surface area contributed by atoms with E-state index in [9.17, 15) is 4.79 Å². The molecule has 2 aromatic rings. The number of nitrogens with one attached hydrogen (secondary N) is 1. The zero-order chi connectivity index (χ0) is 14.5. The number of amides is 1. The third kappa shape index (κ3) is 3.42. The largest absolute Gasteiger partial charge is 0.399 e. The summed E-state index contributed by atoms with van der Waals surface area (Å²) in [5.74, 6) is -0.559. The number of anilines is 2. The number of aromatic nitrogens is 2. The van der Waals surface area contributed by atoms with Gasteiger partial charge in [-0.05, 0) is 18.6 Å². The molecule has 2 rings (SSSR count). The first-order valence-corrected chi connectivity index (χ1v) is 6.54. The van der Waals surface area contributed by atoms with Gasteiger partial charge in [-0.25, -0.2) is 4.98 Å². The molecule has 1 aromatic heterocycles. The monoisotopic (exact) mass is 293 g/mol. The molecule has 0 aliphatic rings. The van der Waals surface area contributed by atoms with Gasteiger partial charge in [-0.2, -0.15) is 0 Å². The number of hydrogen-bond donors (Lipinski definition) is 3. The Morgan fingerprint density at radius 1 is 1.45 bits per heavy atom. The maximum atomic E-state index is 11.4. The summed E-state index contributed by atoms with van der Waals surface area (Å²) in [6, 6.07) is 3.11. The molecule has 7 heteroatoms. The van der Waals surface area contributed by atoms with E-state index in [1.54, 1.807) is 18.6 Å². The Hall–Kier alpha value is -2.21. The molecular weight excluding hydrogens is 278 g/mol. The summed E-state index contributed by atoms with van der Waals surface area (Å²) in [5, 5.41) is 3.52. The van der Waals surface area contributed by atoms with Crippen molar-refractivity contribution in [3.05, 3.63) is 41.4 Å². The van der Waals surface area contributed by atoms with Crippen LogP contribution in [0.4, 0.5) is 11.4 Å². The van der Waals surface area contributed by atoms with Gasteiger partial charge in [-0.3, -0.25) is 4.79 Å². The van der Waals surface area contributed by atoms with Crippen molar-refractivity contribution in [3.63, 3.8) is 0 Å². The van der Waals surface area contributed by atoms with Crippen molar-refractivity contribution in [2.75, 3.05) is 17.6 Å². The Morgan fingerprint density at radius 2 is 2.25 bits per heavy atom. The van der Waals surface area contributed by atoms with Crippen LogP contribution in [0.1, 0.15) is 16.8 Å². The average Bonchev–Trinajstić information content (AvgIpc) is 2.88. The van der Waals surface area contributed by atoms with Gasteiger partial charge in [0.15, 0.2) is 0 Å². The number of primary amides is 1. The third-order valence-electron chi connectivity index (χ3n) is 2.83. The van der Waals surface area contributed by atoms with Gasteiger partial charge < -0.3 is 21.4 Å². The highest BCUT2D eigenvalue weighted by molar-refractivity contribution is 6.34. The van der Waals surface area contributed by atoms with Crippen LogP contribution in [-0.2, 0) is 6.54 Å². The lowest BCUT2D eigenvalue weighted by Gasteiger charge is -2.13. The number of aryl methyl sites for hydroxylation is 1. The van der Waals surface area contributed by atoms with Crippen molar-refractivity contribution in [3.8, 4) is 0 Å². The number of carbonyl (C=O) groups is 1. The van der Waals surface area contributed by atoms with Gasteiger partial charge in [-0.1, -0.05) is 11.6 Å². The van der Waals surface area contributed by atoms with Crippen LogP contribution in [0.2, 0.25) is 5.02 Å². The summed E-state index contributed by atoms with van der Waals surface area (Å²) >= 11 is 6.09. The van der Waals surface area contributed by atoms with Gasteiger partial charge in [0.1, 0.15) is 0 Å². The molecule has 0 radical (unpaired) electrons. The summed E-state index contributed by atoms with van der Waals surface area (Å²) in [6.45, 7) is 1.48. The molecule has 0 spiro atoms. The molecular formula is C13H16ClN5O. The minimum atomic E-state index is -0.559. The van der Waals surface area contributed by atoms with E-state index in [1.807, 2.05) is 10.8 Å². The van der Waals surface area contributed by atoms with E-state index in [0.717, 1.165) is 13.0 Å². The molecule has 1 aromatic carbocycles. The van der Waals surface area contributed by atoms with Crippen LogP contribution in [0.3, 0.4) is 0 Å². The van der Waals surface area contributed by atoms with Gasteiger partial charge in [0.2, 0.25) is 0 Å². The zero-order valence-electron chi connectivity index (χ0n) is 10.8. The zero-order valence-corrected chi connectivity index (χ0v) is 11.6. The second-order valence-corrected chi connectivity index (χ2v) is 4.78. The molecule has 20 heavy (non-hydrogen) atoms. The van der Waals surface area contributed by atoms with E-state index in [4.69, 9.17) is 23.1 Å². The maximum absolute atomic E-state index is 11.4. The van der Waals surface area contributed by atoms with Gasteiger partial charge >= 0.3 is 0 Å². The molecule has 0 aliphatic heterocycles. The topological polar surface area (TPSA) is 99.0 Å². The van der Waals surface area contributed by atoms with Gasteiger partial charge in [0.05, 0.1) is 22.6 Å². The van der Waals surface area contributed by atoms with Crippen molar-refractivity contribution >= 4 is 28.9 Å². The first kappa shape index (κ1) is 14.2. The molecule has 0 saturated carbocycles. The van der Waals surface area contributed by atoms with E-state index < -0.39 is 5.91 Å². The quantitative estimate of drug-likeness (QED) is 0.558. The Balaban J connectivity index is 2.00. The molecule has 0 saturated heterocycles. The SMILES string of the molecule is NC(=O)c1cc(N)cc(Cl)c1NCCCn1ccnc1. The summed E-state index contributed by atoms with van der Waals surface area (Å²) in [4.78, 5) is 15.4. The van der Waals surface area contributed by atoms with Gasteiger partial charge in [0.25, 0.3) is 5.91 Å². The predicted molar refractivity (Wildman–Crippen MR) is 79.7 cm³/mol. The predicted octanol–water partition coefficient (Wildman–Crippen LogP) is 1.72. The van der Waals surface area contributed by atoms with Crippen LogP contribution in [-0.4, -0.2) is 22.0 Å². The van der Waals surface area contributed by atoms with Crippen LogP contribution in [0.15, 0.2) is 30.9 Å². The number of nitrogens with two attached hydrogens (primary N) is 2. The molecule has 5 N–H and O–H groups in total. The number of nitrogen functional groups attached to an aromatic ring is 1. The highest BCUT2D eigenvalue weighted by atomic mass is 35.5. The summed E-state index contributed by atoms with van der Waals surface area (Å²) in [7, 11) is 0. The van der Waals surface area contributed by atoms with E-state index in [2.05, 4.69) is 10.3 Å². The Morgan fingerprint density at radius 3 is 2.90 bits per heavy atom. The maximum Gasteiger partial charge on any atom is 0.250 e. The molecule has 106 valence electrons. The molecule has 0 fully saturated rings. The highest BCUT2D eigenvalue weighted by Crippen LogP contribution is 2.28. The van der Waals surface area contributed by atoms with Gasteiger partial charge in [-0.15, -0.1) is 0 Å². The van der Waals surface area contributed by atoms with Crippen molar-refractivity contribution in [2.45, 2.75) is 13.0 Å². The van der Waals surface area contributed by atoms with Crippen LogP contribution in [0.5, 0.6) is 0 Å². The number of imidazole rings is 1. The van der Waals surface area contributed by atoms with Crippen LogP contribution >= 0.6 is 11.6 Å². The van der Waals surface area contributed by atoms with Crippen molar-refractivity contribution in [1.29, 1.82) is 0 Å². The average molecular weight is 294 g/mol. The summed E-state index contributed by atoms with van der Waals surface area (Å²) in [6.07, 6.45) is 6.24. The van der Waals surface area contributed by atoms with E-state index >= 15 is 0 Å². The summed E-state index contributed by atoms with van der Waals surface area (Å²) in [5.41, 5.74) is 12.2. The number of benzene rings is 1. The highest BCUT2D eigenvalue weighted by Gasteiger charge is 2.12. The molecule has 0 atom stereocenters. The van der Waals surface area contributed by atoms with Crippen LogP contribution in [0, 0.1) is 0 Å². The Kier molecular flexibility index (Phi) is 4.47. The first-order valence-electron chi connectivity index (χ1n) is 6.16. The minimum Gasteiger partial charge on any atom is -0.399 e. The van der Waals surface area contributed by atoms with Gasteiger partial charge in [0, 0.05) is 31.2 Å². The number of halogens is 1. The Labute approximate surface area is 121 Å². The lowest BCUT2D eigenvalue weighted by atomic mass is 10.1. The second-order valence-electron chi connectivity index (χ2n) is 4.37. The molecule has 0 aliphatic carbocycles. The van der Waals surface area contributed by atoms with E-state index in [1.165, 1.54) is 6.07 Å². The van der Waals surface area contributed by atoms with Crippen LogP contribution in [0.25, 0.3) is 0 Å². The Bertz CT molecular complexity index is 597. The van der Waals surface area contributed by atoms with Crippen molar-refractivity contribution in [2.24, 2.45) is 5.73 Å². The summed E-state index contributed by atoms with van der Waals surface area (Å²) < 4.78 is 1.97. The fourth-order valence-corrected chi connectivity index (χ4v) is 2.19.